The number of allylic oxidation sites excluding steroid dienone is 4. The number of hydrogen-bond donors (Lipinski definition) is 2. The van der Waals surface area contributed by atoms with Crippen molar-refractivity contribution in [3.05, 3.63) is 37.0 Å². The summed E-state index contributed by atoms with van der Waals surface area (Å²) in [5.41, 5.74) is 5.09. The van der Waals surface area contributed by atoms with Gasteiger partial charge in [-0.1, -0.05) is 44.2 Å². The SMILES string of the molecule is C=CCC(C)/C=C\CNCCC[C@H](C)/C=C/CCC(N)=O. The Labute approximate surface area is 130 Å². The number of nitrogens with two attached hydrogens (primary N) is 1. The maximum atomic E-state index is 10.6. The third-order valence-corrected chi connectivity index (χ3v) is 3.30. The Morgan fingerprint density at radius 3 is 2.62 bits per heavy atom. The average Bonchev–Trinajstić information content (AvgIpc) is 2.42. The summed E-state index contributed by atoms with van der Waals surface area (Å²) in [7, 11) is 0. The van der Waals surface area contributed by atoms with Crippen molar-refractivity contribution in [1.29, 1.82) is 0 Å². The molecule has 1 amide bonds. The van der Waals surface area contributed by atoms with Crippen molar-refractivity contribution >= 4 is 5.91 Å². The van der Waals surface area contributed by atoms with Gasteiger partial charge < -0.3 is 11.1 Å². The first-order valence-electron chi connectivity index (χ1n) is 7.99. The van der Waals surface area contributed by atoms with Gasteiger partial charge in [0.25, 0.3) is 0 Å². The van der Waals surface area contributed by atoms with Gasteiger partial charge >= 0.3 is 0 Å². The lowest BCUT2D eigenvalue weighted by Gasteiger charge is -2.06. The number of nitrogens with one attached hydrogen (secondary N) is 1. The van der Waals surface area contributed by atoms with E-state index in [0.717, 1.165) is 38.8 Å². The minimum Gasteiger partial charge on any atom is -0.370 e. The Kier molecular flexibility index (Phi) is 12.7. The van der Waals surface area contributed by atoms with Crippen molar-refractivity contribution in [3.8, 4) is 0 Å². The third kappa shape index (κ3) is 14.9. The van der Waals surface area contributed by atoms with E-state index in [1.54, 1.807) is 0 Å². The summed E-state index contributed by atoms with van der Waals surface area (Å²) in [5, 5.41) is 3.42. The van der Waals surface area contributed by atoms with E-state index in [-0.39, 0.29) is 5.91 Å². The molecule has 0 radical (unpaired) electrons. The molecule has 0 aromatic heterocycles. The minimum absolute atomic E-state index is 0.230. The van der Waals surface area contributed by atoms with Crippen LogP contribution in [0.1, 0.15) is 46.0 Å². The van der Waals surface area contributed by atoms with Crippen LogP contribution >= 0.6 is 0 Å². The Hall–Kier alpha value is -1.35. The zero-order chi connectivity index (χ0) is 15.9. The van der Waals surface area contributed by atoms with E-state index in [9.17, 15) is 4.79 Å². The molecule has 2 atom stereocenters. The van der Waals surface area contributed by atoms with Gasteiger partial charge in [-0.05, 0) is 44.1 Å². The van der Waals surface area contributed by atoms with E-state index >= 15 is 0 Å². The molecule has 0 fully saturated rings. The number of amides is 1. The molecule has 0 bridgehead atoms. The number of rotatable bonds is 13. The third-order valence-electron chi connectivity index (χ3n) is 3.30. The quantitative estimate of drug-likeness (QED) is 0.403. The summed E-state index contributed by atoms with van der Waals surface area (Å²) in [6.45, 7) is 10.1. The fourth-order valence-electron chi connectivity index (χ4n) is 2.03. The van der Waals surface area contributed by atoms with Gasteiger partial charge in [-0.25, -0.2) is 0 Å². The maximum absolute atomic E-state index is 10.6. The van der Waals surface area contributed by atoms with Gasteiger partial charge in [-0.3, -0.25) is 4.79 Å². The zero-order valence-corrected chi connectivity index (χ0v) is 13.7. The molecular weight excluding hydrogens is 260 g/mol. The summed E-state index contributed by atoms with van der Waals surface area (Å²) >= 11 is 0. The van der Waals surface area contributed by atoms with E-state index in [2.05, 4.69) is 50.0 Å². The highest BCUT2D eigenvalue weighted by Gasteiger charge is 1.97. The average molecular weight is 292 g/mol. The van der Waals surface area contributed by atoms with Gasteiger partial charge in [-0.15, -0.1) is 6.58 Å². The van der Waals surface area contributed by atoms with Crippen LogP contribution in [0.25, 0.3) is 0 Å². The van der Waals surface area contributed by atoms with Crippen LogP contribution in [0.5, 0.6) is 0 Å². The lowest BCUT2D eigenvalue weighted by Crippen LogP contribution is -2.15. The van der Waals surface area contributed by atoms with E-state index < -0.39 is 0 Å². The standard InChI is InChI=1S/C18H32N2O/c1-4-9-16(2)11-7-14-20-15-8-12-17(3)10-5-6-13-18(19)21/h4-5,7,10-11,16-17,20H,1,6,8-9,12-15H2,2-3H3,(H2,19,21)/b10-5+,11-7-/t16?,17-/m1/s1. The summed E-state index contributed by atoms with van der Waals surface area (Å²) in [6.07, 6.45) is 15.2. The number of primary amides is 1. The van der Waals surface area contributed by atoms with E-state index in [1.807, 2.05) is 6.08 Å². The van der Waals surface area contributed by atoms with Gasteiger partial charge in [0.15, 0.2) is 0 Å². The Balaban J connectivity index is 3.49. The predicted octanol–water partition coefficient (Wildman–Crippen LogP) is 3.58. The molecule has 21 heavy (non-hydrogen) atoms. The Bertz CT molecular complexity index is 334. The molecule has 0 spiro atoms. The summed E-state index contributed by atoms with van der Waals surface area (Å²) < 4.78 is 0. The van der Waals surface area contributed by atoms with Crippen LogP contribution < -0.4 is 11.1 Å². The molecule has 0 saturated heterocycles. The molecule has 3 nitrogen and oxygen atoms in total. The largest absolute Gasteiger partial charge is 0.370 e. The van der Waals surface area contributed by atoms with Gasteiger partial charge in [0.05, 0.1) is 0 Å². The van der Waals surface area contributed by atoms with E-state index in [0.29, 0.717) is 18.3 Å². The van der Waals surface area contributed by atoms with E-state index in [1.165, 1.54) is 0 Å². The smallest absolute Gasteiger partial charge is 0.217 e. The zero-order valence-electron chi connectivity index (χ0n) is 13.7. The van der Waals surface area contributed by atoms with Crippen LogP contribution in [0.3, 0.4) is 0 Å². The highest BCUT2D eigenvalue weighted by atomic mass is 16.1. The second kappa shape index (κ2) is 13.6. The molecule has 120 valence electrons. The van der Waals surface area contributed by atoms with Crippen molar-refractivity contribution in [2.75, 3.05) is 13.1 Å². The number of carbonyl (C=O) groups excluding carboxylic acids is 1. The summed E-state index contributed by atoms with van der Waals surface area (Å²) in [5.74, 6) is 0.907. The van der Waals surface area contributed by atoms with Gasteiger partial charge in [0.2, 0.25) is 5.91 Å². The van der Waals surface area contributed by atoms with Crippen molar-refractivity contribution in [2.45, 2.75) is 46.0 Å². The first kappa shape index (κ1) is 19.7. The normalized spacial score (nSPS) is 14.6. The van der Waals surface area contributed by atoms with Crippen LogP contribution in [0, 0.1) is 11.8 Å². The van der Waals surface area contributed by atoms with Crippen LogP contribution in [0.15, 0.2) is 37.0 Å². The molecule has 0 aliphatic carbocycles. The minimum atomic E-state index is -0.230. The van der Waals surface area contributed by atoms with Crippen molar-refractivity contribution < 1.29 is 4.79 Å². The van der Waals surface area contributed by atoms with Crippen LogP contribution in [-0.4, -0.2) is 19.0 Å². The number of carbonyl (C=O) groups is 1. The lowest BCUT2D eigenvalue weighted by molar-refractivity contribution is -0.117. The van der Waals surface area contributed by atoms with Crippen LogP contribution in [0.4, 0.5) is 0 Å². The molecule has 0 rings (SSSR count). The second-order valence-electron chi connectivity index (χ2n) is 5.69. The molecular formula is C18H32N2O. The van der Waals surface area contributed by atoms with Gasteiger partial charge in [-0.2, -0.15) is 0 Å². The molecule has 0 saturated carbocycles. The molecule has 3 N–H and O–H groups in total. The lowest BCUT2D eigenvalue weighted by atomic mass is 10.0. The van der Waals surface area contributed by atoms with Crippen molar-refractivity contribution in [3.63, 3.8) is 0 Å². The number of hydrogen-bond acceptors (Lipinski definition) is 2. The molecule has 0 aliphatic heterocycles. The topological polar surface area (TPSA) is 55.1 Å². The fraction of sp³-hybridized carbons (Fsp3) is 0.611. The van der Waals surface area contributed by atoms with E-state index in [4.69, 9.17) is 5.73 Å². The summed E-state index contributed by atoms with van der Waals surface area (Å²) in [6, 6.07) is 0. The first-order chi connectivity index (χ1) is 10.1. The monoisotopic (exact) mass is 292 g/mol. The Morgan fingerprint density at radius 1 is 1.24 bits per heavy atom. The first-order valence-corrected chi connectivity index (χ1v) is 7.99. The van der Waals surface area contributed by atoms with Crippen LogP contribution in [0.2, 0.25) is 0 Å². The Morgan fingerprint density at radius 2 is 1.95 bits per heavy atom. The fourth-order valence-corrected chi connectivity index (χ4v) is 2.03. The van der Waals surface area contributed by atoms with Crippen LogP contribution in [-0.2, 0) is 4.79 Å². The molecule has 0 aromatic rings. The molecule has 0 aliphatic rings. The highest BCUT2D eigenvalue weighted by molar-refractivity contribution is 5.73. The van der Waals surface area contributed by atoms with Gasteiger partial charge in [0, 0.05) is 13.0 Å². The molecule has 0 aromatic carbocycles. The maximum Gasteiger partial charge on any atom is 0.217 e. The molecule has 3 heteroatoms. The summed E-state index contributed by atoms with van der Waals surface area (Å²) in [4.78, 5) is 10.6. The highest BCUT2D eigenvalue weighted by Crippen LogP contribution is 2.07. The molecule has 0 heterocycles. The second-order valence-corrected chi connectivity index (χ2v) is 5.69. The molecule has 1 unspecified atom stereocenters. The van der Waals surface area contributed by atoms with Crippen molar-refractivity contribution in [2.24, 2.45) is 17.6 Å². The predicted molar refractivity (Wildman–Crippen MR) is 92.0 cm³/mol. The van der Waals surface area contributed by atoms with Crippen molar-refractivity contribution in [1.82, 2.24) is 5.32 Å². The van der Waals surface area contributed by atoms with Gasteiger partial charge in [0.1, 0.15) is 0 Å².